The van der Waals surface area contributed by atoms with Crippen LogP contribution in [0.15, 0.2) is 4.79 Å². The van der Waals surface area contributed by atoms with E-state index in [1.807, 2.05) is 0 Å². The predicted octanol–water partition coefficient (Wildman–Crippen LogP) is 3.29. The van der Waals surface area contributed by atoms with Crippen molar-refractivity contribution in [2.75, 3.05) is 0 Å². The van der Waals surface area contributed by atoms with Crippen molar-refractivity contribution in [2.24, 2.45) is 0 Å². The Bertz CT molecular complexity index is 443. The molecular weight excluding hydrogens is 248 g/mol. The lowest BCUT2D eigenvalue weighted by atomic mass is 10.2. The van der Waals surface area contributed by atoms with E-state index in [0.29, 0.717) is 16.0 Å². The molecule has 98 valence electrons. The lowest BCUT2D eigenvalue weighted by Gasteiger charge is -2.21. The summed E-state index contributed by atoms with van der Waals surface area (Å²) in [5.74, 6) is 0.965. The van der Waals surface area contributed by atoms with Gasteiger partial charge in [-0.25, -0.2) is 0 Å². The molecule has 3 rings (SSSR count). The van der Waals surface area contributed by atoms with Crippen LogP contribution in [0.1, 0.15) is 51.4 Å². The lowest BCUT2D eigenvalue weighted by molar-refractivity contribution is 0.163. The first kappa shape index (κ1) is 12.2. The van der Waals surface area contributed by atoms with Crippen molar-refractivity contribution in [1.82, 2.24) is 0 Å². The molecule has 0 aliphatic heterocycles. The zero-order valence-electron chi connectivity index (χ0n) is 10.4. The minimum absolute atomic E-state index is 0.134. The number of rotatable bonds is 4. The molecule has 0 saturated heterocycles. The summed E-state index contributed by atoms with van der Waals surface area (Å²) in [7, 11) is 0. The molecule has 1 aromatic rings. The highest BCUT2D eigenvalue weighted by Crippen LogP contribution is 2.35. The second kappa shape index (κ2) is 5.00. The Morgan fingerprint density at radius 1 is 0.833 bits per heavy atom. The van der Waals surface area contributed by atoms with Crippen LogP contribution in [0.5, 0.6) is 11.5 Å². The molecule has 0 amide bonds. The van der Waals surface area contributed by atoms with Gasteiger partial charge in [-0.15, -0.1) is 0 Å². The van der Waals surface area contributed by atoms with Crippen molar-refractivity contribution in [1.29, 1.82) is 0 Å². The average molecular weight is 266 g/mol. The van der Waals surface area contributed by atoms with Crippen LogP contribution in [0.4, 0.5) is 0 Å². The topological polar surface area (TPSA) is 35.5 Å². The van der Waals surface area contributed by atoms with Crippen molar-refractivity contribution in [2.45, 2.75) is 63.6 Å². The minimum atomic E-state index is -0.134. The minimum Gasteiger partial charge on any atom is -0.485 e. The molecule has 18 heavy (non-hydrogen) atoms. The van der Waals surface area contributed by atoms with Crippen LogP contribution in [-0.2, 0) is 0 Å². The summed E-state index contributed by atoms with van der Waals surface area (Å²) < 4.78 is 11.9. The van der Waals surface area contributed by atoms with E-state index in [4.69, 9.17) is 21.7 Å². The number of hydrogen-bond acceptors (Lipinski definition) is 4. The van der Waals surface area contributed by atoms with Gasteiger partial charge in [-0.1, -0.05) is 12.2 Å². The van der Waals surface area contributed by atoms with Crippen LogP contribution in [-0.4, -0.2) is 12.2 Å². The van der Waals surface area contributed by atoms with E-state index in [-0.39, 0.29) is 17.6 Å². The van der Waals surface area contributed by atoms with Gasteiger partial charge >= 0.3 is 0 Å². The summed E-state index contributed by atoms with van der Waals surface area (Å²) in [6, 6.07) is 0. The monoisotopic (exact) mass is 266 g/mol. The van der Waals surface area contributed by atoms with Crippen LogP contribution in [0.3, 0.4) is 0 Å². The molecule has 0 spiro atoms. The Labute approximate surface area is 112 Å². The van der Waals surface area contributed by atoms with Gasteiger partial charge in [0.25, 0.3) is 0 Å². The van der Waals surface area contributed by atoms with Gasteiger partial charge in [-0.2, -0.15) is 0 Å². The van der Waals surface area contributed by atoms with Crippen LogP contribution in [0.2, 0.25) is 0 Å². The fourth-order valence-electron chi connectivity index (χ4n) is 2.91. The number of ether oxygens (including phenoxy) is 2. The van der Waals surface area contributed by atoms with Gasteiger partial charge in [-0.3, -0.25) is 4.79 Å². The van der Waals surface area contributed by atoms with Crippen LogP contribution in [0, 0.1) is 4.51 Å². The smallest absolute Gasteiger partial charge is 0.246 e. The van der Waals surface area contributed by atoms with E-state index in [1.165, 1.54) is 25.7 Å². The van der Waals surface area contributed by atoms with Gasteiger partial charge in [0.1, 0.15) is 4.51 Å². The first-order chi connectivity index (χ1) is 8.75. The summed E-state index contributed by atoms with van der Waals surface area (Å²) in [5.41, 5.74) is -0.134. The zero-order valence-corrected chi connectivity index (χ0v) is 11.3. The highest BCUT2D eigenvalue weighted by atomic mass is 32.1. The fourth-order valence-corrected chi connectivity index (χ4v) is 3.14. The molecule has 0 radical (unpaired) electrons. The Morgan fingerprint density at radius 3 is 1.78 bits per heavy atom. The molecule has 2 saturated carbocycles. The third kappa shape index (κ3) is 2.18. The zero-order chi connectivity index (χ0) is 12.5. The van der Waals surface area contributed by atoms with E-state index in [1.54, 1.807) is 0 Å². The second-order valence-electron chi connectivity index (χ2n) is 5.37. The van der Waals surface area contributed by atoms with Crippen molar-refractivity contribution in [3.8, 4) is 11.5 Å². The van der Waals surface area contributed by atoms with Gasteiger partial charge < -0.3 is 9.47 Å². The van der Waals surface area contributed by atoms with E-state index < -0.39 is 0 Å². The van der Waals surface area contributed by atoms with Crippen molar-refractivity contribution in [3.63, 3.8) is 0 Å². The van der Waals surface area contributed by atoms with E-state index in [2.05, 4.69) is 0 Å². The van der Waals surface area contributed by atoms with Crippen LogP contribution < -0.4 is 14.9 Å². The molecule has 0 unspecified atom stereocenters. The molecule has 0 N–H and O–H groups in total. The summed E-state index contributed by atoms with van der Waals surface area (Å²) >= 11 is 5.07. The third-order valence-corrected chi connectivity index (χ3v) is 4.37. The Kier molecular flexibility index (Phi) is 3.37. The van der Waals surface area contributed by atoms with Gasteiger partial charge in [0.05, 0.1) is 12.2 Å². The van der Waals surface area contributed by atoms with Crippen molar-refractivity contribution >= 4 is 12.2 Å². The van der Waals surface area contributed by atoms with Crippen molar-refractivity contribution < 1.29 is 9.47 Å². The fraction of sp³-hybridized carbons (Fsp3) is 0.714. The van der Waals surface area contributed by atoms with Crippen molar-refractivity contribution in [3.05, 3.63) is 14.7 Å². The normalized spacial score (nSPS) is 21.8. The average Bonchev–Trinajstić information content (AvgIpc) is 3.06. The Morgan fingerprint density at radius 2 is 1.28 bits per heavy atom. The molecule has 1 aromatic carbocycles. The lowest BCUT2D eigenvalue weighted by Crippen LogP contribution is -2.24. The molecule has 0 bridgehead atoms. The molecule has 2 aliphatic carbocycles. The molecule has 2 aliphatic rings. The van der Waals surface area contributed by atoms with Gasteiger partial charge in [0.2, 0.25) is 11.2 Å². The Hall–Kier alpha value is -0.900. The predicted molar refractivity (Wildman–Crippen MR) is 71.7 cm³/mol. The first-order valence-corrected chi connectivity index (χ1v) is 7.33. The van der Waals surface area contributed by atoms with Gasteiger partial charge in [-0.05, 0) is 51.4 Å². The van der Waals surface area contributed by atoms with E-state index in [0.717, 1.165) is 25.7 Å². The standard InChI is InChI=1S/C14H18O3S/c15-11-12(16-9-5-1-2-6-9)13(14(11)18)17-10-7-3-4-8-10/h9-10H,1-8H2. The maximum atomic E-state index is 11.7. The quantitative estimate of drug-likeness (QED) is 0.783. The summed E-state index contributed by atoms with van der Waals surface area (Å²) in [6.07, 6.45) is 9.43. The number of hydrogen-bond donors (Lipinski definition) is 0. The van der Waals surface area contributed by atoms with E-state index >= 15 is 0 Å². The van der Waals surface area contributed by atoms with Gasteiger partial charge in [0.15, 0.2) is 5.75 Å². The SMILES string of the molecule is O=c1c(OC2CCCC2)c(OC2CCCC2)c1=S. The highest BCUT2D eigenvalue weighted by molar-refractivity contribution is 7.71. The maximum absolute atomic E-state index is 11.7. The molecule has 0 aromatic heterocycles. The molecule has 4 heteroatoms. The largest absolute Gasteiger partial charge is 0.485 e. The maximum Gasteiger partial charge on any atom is 0.246 e. The summed E-state index contributed by atoms with van der Waals surface area (Å²) in [4.78, 5) is 11.7. The van der Waals surface area contributed by atoms with Gasteiger partial charge in [0, 0.05) is 0 Å². The second-order valence-corrected chi connectivity index (χ2v) is 5.77. The summed E-state index contributed by atoms with van der Waals surface area (Å²) in [6.45, 7) is 0. The Balaban J connectivity index is 1.71. The molecule has 3 nitrogen and oxygen atoms in total. The van der Waals surface area contributed by atoms with Crippen LogP contribution >= 0.6 is 12.2 Å². The van der Waals surface area contributed by atoms with E-state index in [9.17, 15) is 4.79 Å². The first-order valence-electron chi connectivity index (χ1n) is 6.92. The highest BCUT2D eigenvalue weighted by Gasteiger charge is 2.28. The molecule has 0 atom stereocenters. The third-order valence-electron chi connectivity index (χ3n) is 4.00. The molecule has 2 fully saturated rings. The molecular formula is C14H18O3S. The summed E-state index contributed by atoms with van der Waals surface area (Å²) in [5, 5.41) is 0. The molecule has 0 heterocycles. The van der Waals surface area contributed by atoms with Crippen LogP contribution in [0.25, 0.3) is 0 Å².